The van der Waals surface area contributed by atoms with Crippen LogP contribution in [0.15, 0.2) is 88.7 Å². The van der Waals surface area contributed by atoms with Gasteiger partial charge in [0.25, 0.3) is 0 Å². The van der Waals surface area contributed by atoms with Gasteiger partial charge in [-0.3, -0.25) is 9.69 Å². The number of carbonyl (C=O) groups excluding carboxylic acids is 1. The van der Waals surface area contributed by atoms with E-state index in [0.29, 0.717) is 31.9 Å². The van der Waals surface area contributed by atoms with Gasteiger partial charge in [0.15, 0.2) is 0 Å². The van der Waals surface area contributed by atoms with Crippen molar-refractivity contribution in [3.05, 3.63) is 84.4 Å². The minimum atomic E-state index is -4.36. The van der Waals surface area contributed by atoms with Crippen molar-refractivity contribution in [2.45, 2.75) is 16.0 Å². The summed E-state index contributed by atoms with van der Waals surface area (Å²) in [6, 6.07) is 23.0. The topological polar surface area (TPSA) is 35.6 Å². The molecule has 0 bridgehead atoms. The number of benzene rings is 3. The summed E-state index contributed by atoms with van der Waals surface area (Å²) in [4.78, 5) is 18.7. The molecule has 0 unspecified atom stereocenters. The highest BCUT2D eigenvalue weighted by Gasteiger charge is 2.31. The number of carbonyl (C=O) groups is 1. The molecule has 0 radical (unpaired) electrons. The highest BCUT2D eigenvalue weighted by Crippen LogP contribution is 2.33. The number of rotatable bonds is 6. The van der Waals surface area contributed by atoms with Gasteiger partial charge in [0.05, 0.1) is 17.8 Å². The van der Waals surface area contributed by atoms with E-state index in [9.17, 15) is 18.0 Å². The molecule has 0 saturated carbocycles. The third-order valence-electron chi connectivity index (χ3n) is 5.41. The van der Waals surface area contributed by atoms with Crippen molar-refractivity contribution in [3.8, 4) is 0 Å². The normalized spacial score (nSPS) is 14.8. The first-order valence-corrected chi connectivity index (χ1v) is 11.5. The van der Waals surface area contributed by atoms with E-state index < -0.39 is 11.7 Å². The van der Waals surface area contributed by atoms with Crippen LogP contribution in [0.4, 0.5) is 24.5 Å². The van der Waals surface area contributed by atoms with Gasteiger partial charge in [0, 0.05) is 41.7 Å². The van der Waals surface area contributed by atoms with Crippen LogP contribution in [0.5, 0.6) is 0 Å². The molecule has 0 atom stereocenters. The first-order chi connectivity index (χ1) is 15.9. The van der Waals surface area contributed by atoms with E-state index in [1.54, 1.807) is 17.8 Å². The molecule has 3 aromatic rings. The molecule has 1 fully saturated rings. The van der Waals surface area contributed by atoms with E-state index in [4.69, 9.17) is 0 Å². The van der Waals surface area contributed by atoms with E-state index in [-0.39, 0.29) is 12.5 Å². The second-order valence-electron chi connectivity index (χ2n) is 7.77. The van der Waals surface area contributed by atoms with Gasteiger partial charge in [-0.25, -0.2) is 0 Å². The average molecular weight is 472 g/mol. The highest BCUT2D eigenvalue weighted by atomic mass is 32.2. The highest BCUT2D eigenvalue weighted by molar-refractivity contribution is 7.99. The Kier molecular flexibility index (Phi) is 7.25. The van der Waals surface area contributed by atoms with Crippen molar-refractivity contribution < 1.29 is 18.0 Å². The lowest BCUT2D eigenvalue weighted by atomic mass is 10.1. The van der Waals surface area contributed by atoms with Crippen LogP contribution in [-0.2, 0) is 11.0 Å². The molecule has 1 N–H and O–H groups in total. The number of alkyl halides is 3. The maximum Gasteiger partial charge on any atom is 0.416 e. The Morgan fingerprint density at radius 3 is 2.30 bits per heavy atom. The van der Waals surface area contributed by atoms with Gasteiger partial charge in [-0.2, -0.15) is 13.2 Å². The first kappa shape index (κ1) is 23.2. The summed E-state index contributed by atoms with van der Waals surface area (Å²) in [5.41, 5.74) is 0.675. The molecule has 0 spiro atoms. The number of hydrogen-bond acceptors (Lipinski definition) is 4. The molecule has 4 rings (SSSR count). The minimum absolute atomic E-state index is 0.108. The summed E-state index contributed by atoms with van der Waals surface area (Å²) in [5, 5.41) is 3.01. The Hall–Kier alpha value is -2.97. The van der Waals surface area contributed by atoms with E-state index in [2.05, 4.69) is 5.32 Å². The van der Waals surface area contributed by atoms with Crippen molar-refractivity contribution in [2.24, 2.45) is 0 Å². The second kappa shape index (κ2) is 10.3. The number of nitrogens with one attached hydrogen (secondary N) is 1. The van der Waals surface area contributed by atoms with Crippen LogP contribution >= 0.6 is 11.8 Å². The molecule has 1 saturated heterocycles. The fourth-order valence-corrected chi connectivity index (χ4v) is 4.63. The number of piperazine rings is 1. The molecule has 1 heterocycles. The fraction of sp³-hybridized carbons (Fsp3) is 0.240. The van der Waals surface area contributed by atoms with Crippen molar-refractivity contribution in [3.63, 3.8) is 0 Å². The van der Waals surface area contributed by atoms with Gasteiger partial charge in [0.2, 0.25) is 5.91 Å². The minimum Gasteiger partial charge on any atom is -0.369 e. The lowest BCUT2D eigenvalue weighted by molar-refractivity contribution is -0.137. The molecule has 3 aromatic carbocycles. The zero-order valence-corrected chi connectivity index (χ0v) is 18.7. The summed E-state index contributed by atoms with van der Waals surface area (Å²) in [7, 11) is 0. The van der Waals surface area contributed by atoms with Gasteiger partial charge in [-0.15, -0.1) is 0 Å². The smallest absolute Gasteiger partial charge is 0.369 e. The molecule has 4 nitrogen and oxygen atoms in total. The van der Waals surface area contributed by atoms with Crippen LogP contribution in [-0.4, -0.2) is 43.5 Å². The predicted molar refractivity (Wildman–Crippen MR) is 126 cm³/mol. The van der Waals surface area contributed by atoms with Crippen molar-refractivity contribution >= 4 is 29.0 Å². The summed E-state index contributed by atoms with van der Waals surface area (Å²) in [6.07, 6.45) is -4.36. The molecular formula is C25H24F3N3OS. The molecule has 0 aromatic heterocycles. The quantitative estimate of drug-likeness (QED) is 0.506. The Balaban J connectivity index is 1.32. The molecule has 0 aliphatic carbocycles. The predicted octanol–water partition coefficient (Wildman–Crippen LogP) is 5.62. The molecule has 172 valence electrons. The molecule has 1 aliphatic rings. The van der Waals surface area contributed by atoms with Crippen LogP contribution < -0.4 is 10.2 Å². The molecule has 1 aliphatic heterocycles. The summed E-state index contributed by atoms with van der Waals surface area (Å²) < 4.78 is 39.0. The largest absolute Gasteiger partial charge is 0.416 e. The zero-order valence-electron chi connectivity index (χ0n) is 17.9. The van der Waals surface area contributed by atoms with E-state index >= 15 is 0 Å². The van der Waals surface area contributed by atoms with Crippen molar-refractivity contribution in [1.82, 2.24) is 4.90 Å². The van der Waals surface area contributed by atoms with Crippen molar-refractivity contribution in [2.75, 3.05) is 42.9 Å². The number of amides is 1. The third kappa shape index (κ3) is 6.30. The summed E-state index contributed by atoms with van der Waals surface area (Å²) in [5.74, 6) is -0.108. The van der Waals surface area contributed by atoms with Crippen LogP contribution in [0, 0.1) is 0 Å². The van der Waals surface area contributed by atoms with Gasteiger partial charge in [-0.05, 0) is 42.5 Å². The molecular weight excluding hydrogens is 447 g/mol. The van der Waals surface area contributed by atoms with Crippen LogP contribution in [0.3, 0.4) is 0 Å². The molecule has 1 amide bonds. The Morgan fingerprint density at radius 1 is 0.879 bits per heavy atom. The Morgan fingerprint density at radius 2 is 1.58 bits per heavy atom. The SMILES string of the molecule is O=C(CN1CCN(c2cccc(C(F)(F)F)c2)CC1)Nc1ccccc1Sc1ccccc1. The van der Waals surface area contributed by atoms with Gasteiger partial charge in [0.1, 0.15) is 0 Å². The Labute approximate surface area is 195 Å². The number of hydrogen-bond donors (Lipinski definition) is 1. The first-order valence-electron chi connectivity index (χ1n) is 10.6. The molecule has 33 heavy (non-hydrogen) atoms. The maximum atomic E-state index is 13.0. The molecule has 8 heteroatoms. The second-order valence-corrected chi connectivity index (χ2v) is 8.89. The zero-order chi connectivity index (χ0) is 23.3. The summed E-state index contributed by atoms with van der Waals surface area (Å²) >= 11 is 1.59. The number of anilines is 2. The van der Waals surface area contributed by atoms with Gasteiger partial charge < -0.3 is 10.2 Å². The van der Waals surface area contributed by atoms with Crippen LogP contribution in [0.2, 0.25) is 0 Å². The third-order valence-corrected chi connectivity index (χ3v) is 6.49. The van der Waals surface area contributed by atoms with Crippen molar-refractivity contribution in [1.29, 1.82) is 0 Å². The van der Waals surface area contributed by atoms with E-state index in [1.165, 1.54) is 12.1 Å². The summed E-state index contributed by atoms with van der Waals surface area (Å²) in [6.45, 7) is 2.57. The lowest BCUT2D eigenvalue weighted by Gasteiger charge is -2.36. The number of halogens is 3. The standard InChI is InChI=1S/C25H24F3N3OS/c26-25(27,28)19-7-6-8-20(17-19)31-15-13-30(14-16-31)18-24(32)29-22-11-4-5-12-23(22)33-21-9-2-1-3-10-21/h1-12,17H,13-16,18H2,(H,29,32). The maximum absolute atomic E-state index is 13.0. The lowest BCUT2D eigenvalue weighted by Crippen LogP contribution is -2.48. The number of para-hydroxylation sites is 1. The average Bonchev–Trinajstić information content (AvgIpc) is 2.81. The number of nitrogens with zero attached hydrogens (tertiary/aromatic N) is 2. The van der Waals surface area contributed by atoms with E-state index in [0.717, 1.165) is 21.5 Å². The monoisotopic (exact) mass is 471 g/mol. The van der Waals surface area contributed by atoms with E-state index in [1.807, 2.05) is 64.4 Å². The van der Waals surface area contributed by atoms with Gasteiger partial charge >= 0.3 is 6.18 Å². The van der Waals surface area contributed by atoms with Crippen LogP contribution in [0.1, 0.15) is 5.56 Å². The fourth-order valence-electron chi connectivity index (χ4n) is 3.71. The van der Waals surface area contributed by atoms with Crippen LogP contribution in [0.25, 0.3) is 0 Å². The Bertz CT molecular complexity index is 1080. The van der Waals surface area contributed by atoms with Gasteiger partial charge in [-0.1, -0.05) is 48.2 Å².